The van der Waals surface area contributed by atoms with E-state index in [1.807, 2.05) is 20.8 Å². The van der Waals surface area contributed by atoms with Crippen LogP contribution in [0.2, 0.25) is 0 Å². The van der Waals surface area contributed by atoms with E-state index in [1.165, 1.54) is 0 Å². The number of hydrogen-bond acceptors (Lipinski definition) is 3. The molecule has 0 aromatic carbocycles. The van der Waals surface area contributed by atoms with Crippen molar-refractivity contribution in [1.29, 1.82) is 0 Å². The molecule has 2 atom stereocenters. The lowest BCUT2D eigenvalue weighted by molar-refractivity contribution is -0.299. The summed E-state index contributed by atoms with van der Waals surface area (Å²) >= 11 is 0. The van der Waals surface area contributed by atoms with Gasteiger partial charge in [-0.3, -0.25) is 4.79 Å². The monoisotopic (exact) mass is 214 g/mol. The van der Waals surface area contributed by atoms with E-state index in [4.69, 9.17) is 9.47 Å². The molecule has 1 fully saturated rings. The van der Waals surface area contributed by atoms with E-state index in [0.717, 1.165) is 12.8 Å². The smallest absolute Gasteiger partial charge is 0.163 e. The predicted octanol–water partition coefficient (Wildman–Crippen LogP) is 2.68. The second-order valence-corrected chi connectivity index (χ2v) is 4.62. The molecule has 1 aliphatic heterocycles. The van der Waals surface area contributed by atoms with Gasteiger partial charge >= 0.3 is 0 Å². The van der Waals surface area contributed by atoms with E-state index in [1.54, 1.807) is 0 Å². The summed E-state index contributed by atoms with van der Waals surface area (Å²) < 4.78 is 11.5. The summed E-state index contributed by atoms with van der Waals surface area (Å²) in [6, 6.07) is 0. The van der Waals surface area contributed by atoms with Crippen molar-refractivity contribution in [2.75, 3.05) is 0 Å². The van der Waals surface area contributed by atoms with E-state index >= 15 is 0 Å². The number of ketones is 1. The summed E-state index contributed by atoms with van der Waals surface area (Å²) in [5.41, 5.74) is 0. The van der Waals surface area contributed by atoms with Gasteiger partial charge in [-0.1, -0.05) is 13.8 Å². The first-order valence-electron chi connectivity index (χ1n) is 5.84. The maximum Gasteiger partial charge on any atom is 0.163 e. The fraction of sp³-hybridized carbons (Fsp3) is 0.917. The lowest BCUT2D eigenvalue weighted by Gasteiger charge is -2.40. The van der Waals surface area contributed by atoms with Crippen molar-refractivity contribution in [2.45, 2.75) is 71.4 Å². The van der Waals surface area contributed by atoms with Crippen LogP contribution in [-0.2, 0) is 14.3 Å². The zero-order chi connectivity index (χ0) is 11.5. The van der Waals surface area contributed by atoms with Crippen LogP contribution in [-0.4, -0.2) is 23.8 Å². The van der Waals surface area contributed by atoms with Crippen molar-refractivity contribution < 1.29 is 14.3 Å². The summed E-state index contributed by atoms with van der Waals surface area (Å²) in [6.45, 7) is 7.82. The molecular weight excluding hydrogens is 192 g/mol. The molecule has 0 radical (unpaired) electrons. The maximum absolute atomic E-state index is 11.4. The SMILES string of the molecule is CCC(=O)CC1CC(CC)OC(C)(C)O1. The highest BCUT2D eigenvalue weighted by molar-refractivity contribution is 5.78. The lowest BCUT2D eigenvalue weighted by Crippen LogP contribution is -2.45. The molecule has 0 bridgehead atoms. The molecule has 0 saturated carbocycles. The zero-order valence-electron chi connectivity index (χ0n) is 10.2. The topological polar surface area (TPSA) is 35.5 Å². The highest BCUT2D eigenvalue weighted by Crippen LogP contribution is 2.29. The van der Waals surface area contributed by atoms with Crippen LogP contribution in [0.25, 0.3) is 0 Å². The Labute approximate surface area is 92.1 Å². The molecule has 3 nitrogen and oxygen atoms in total. The van der Waals surface area contributed by atoms with Gasteiger partial charge in [0.25, 0.3) is 0 Å². The standard InChI is InChI=1S/C12H22O3/c1-5-9(13)7-11-8-10(6-2)14-12(3,4)15-11/h10-11H,5-8H2,1-4H3. The van der Waals surface area contributed by atoms with Crippen molar-refractivity contribution >= 4 is 5.78 Å². The average molecular weight is 214 g/mol. The maximum atomic E-state index is 11.4. The Kier molecular flexibility index (Phi) is 4.29. The molecule has 1 saturated heterocycles. The number of hydrogen-bond donors (Lipinski definition) is 0. The van der Waals surface area contributed by atoms with Crippen LogP contribution in [0.1, 0.15) is 53.4 Å². The number of rotatable bonds is 4. The Morgan fingerprint density at radius 1 is 1.27 bits per heavy atom. The van der Waals surface area contributed by atoms with Crippen LogP contribution in [0, 0.1) is 0 Å². The van der Waals surface area contributed by atoms with Crippen molar-refractivity contribution in [3.63, 3.8) is 0 Å². The van der Waals surface area contributed by atoms with Crippen LogP contribution >= 0.6 is 0 Å². The molecule has 15 heavy (non-hydrogen) atoms. The molecule has 0 aromatic heterocycles. The molecule has 0 amide bonds. The number of ether oxygens (including phenoxy) is 2. The summed E-state index contributed by atoms with van der Waals surface area (Å²) in [6.07, 6.45) is 3.20. The molecule has 1 heterocycles. The van der Waals surface area contributed by atoms with Crippen molar-refractivity contribution in [2.24, 2.45) is 0 Å². The second kappa shape index (κ2) is 5.08. The largest absolute Gasteiger partial charge is 0.347 e. The molecule has 0 aliphatic carbocycles. The first-order valence-corrected chi connectivity index (χ1v) is 5.84. The van der Waals surface area contributed by atoms with Crippen molar-refractivity contribution in [3.05, 3.63) is 0 Å². The van der Waals surface area contributed by atoms with Crippen LogP contribution < -0.4 is 0 Å². The molecule has 3 heteroatoms. The van der Waals surface area contributed by atoms with Crippen LogP contribution in [0.3, 0.4) is 0 Å². The molecule has 0 N–H and O–H groups in total. The van der Waals surface area contributed by atoms with Gasteiger partial charge in [0.2, 0.25) is 0 Å². The van der Waals surface area contributed by atoms with Gasteiger partial charge in [0.05, 0.1) is 12.2 Å². The average Bonchev–Trinajstić information content (AvgIpc) is 2.15. The summed E-state index contributed by atoms with van der Waals surface area (Å²) in [4.78, 5) is 11.4. The van der Waals surface area contributed by atoms with Gasteiger partial charge in [0, 0.05) is 19.3 Å². The Bertz CT molecular complexity index is 223. The van der Waals surface area contributed by atoms with Crippen LogP contribution in [0.15, 0.2) is 0 Å². The van der Waals surface area contributed by atoms with Crippen LogP contribution in [0.4, 0.5) is 0 Å². The van der Waals surface area contributed by atoms with E-state index < -0.39 is 5.79 Å². The van der Waals surface area contributed by atoms with Gasteiger partial charge in [-0.25, -0.2) is 0 Å². The first-order chi connectivity index (χ1) is 6.96. The summed E-state index contributed by atoms with van der Waals surface area (Å²) in [7, 11) is 0. The number of carbonyl (C=O) groups excluding carboxylic acids is 1. The minimum Gasteiger partial charge on any atom is -0.347 e. The summed E-state index contributed by atoms with van der Waals surface area (Å²) in [5.74, 6) is -0.273. The van der Waals surface area contributed by atoms with Gasteiger partial charge in [0.15, 0.2) is 5.79 Å². The molecule has 2 unspecified atom stereocenters. The van der Waals surface area contributed by atoms with Gasteiger partial charge in [-0.2, -0.15) is 0 Å². The Morgan fingerprint density at radius 3 is 2.40 bits per heavy atom. The lowest BCUT2D eigenvalue weighted by atomic mass is 10.0. The van der Waals surface area contributed by atoms with E-state index in [2.05, 4.69) is 6.92 Å². The minimum absolute atomic E-state index is 0.0335. The highest BCUT2D eigenvalue weighted by atomic mass is 16.7. The van der Waals surface area contributed by atoms with Gasteiger partial charge in [0.1, 0.15) is 5.78 Å². The molecule has 0 aromatic rings. The van der Waals surface area contributed by atoms with Gasteiger partial charge < -0.3 is 9.47 Å². The molecule has 88 valence electrons. The third kappa shape index (κ3) is 3.92. The first kappa shape index (κ1) is 12.7. The number of Topliss-reactive ketones (excluding diaryl/α,β-unsaturated/α-hetero) is 1. The van der Waals surface area contributed by atoms with E-state index in [0.29, 0.717) is 12.8 Å². The van der Waals surface area contributed by atoms with Crippen LogP contribution in [0.5, 0.6) is 0 Å². The predicted molar refractivity (Wildman–Crippen MR) is 58.6 cm³/mol. The van der Waals surface area contributed by atoms with Gasteiger partial charge in [-0.15, -0.1) is 0 Å². The molecule has 1 aliphatic rings. The minimum atomic E-state index is -0.544. The quantitative estimate of drug-likeness (QED) is 0.721. The summed E-state index contributed by atoms with van der Waals surface area (Å²) in [5, 5.41) is 0. The third-order valence-electron chi connectivity index (χ3n) is 2.73. The highest BCUT2D eigenvalue weighted by Gasteiger charge is 2.35. The molecular formula is C12H22O3. The zero-order valence-corrected chi connectivity index (χ0v) is 10.2. The van der Waals surface area contributed by atoms with E-state index in [-0.39, 0.29) is 18.0 Å². The fourth-order valence-corrected chi connectivity index (χ4v) is 1.99. The molecule has 1 rings (SSSR count). The van der Waals surface area contributed by atoms with Crippen molar-refractivity contribution in [1.82, 2.24) is 0 Å². The second-order valence-electron chi connectivity index (χ2n) is 4.62. The Morgan fingerprint density at radius 2 is 1.87 bits per heavy atom. The number of carbonyl (C=O) groups is 1. The fourth-order valence-electron chi connectivity index (χ4n) is 1.99. The Balaban J connectivity index is 2.54. The molecule has 0 spiro atoms. The third-order valence-corrected chi connectivity index (χ3v) is 2.73. The van der Waals surface area contributed by atoms with Crippen molar-refractivity contribution in [3.8, 4) is 0 Å². The Hall–Kier alpha value is -0.410. The van der Waals surface area contributed by atoms with E-state index in [9.17, 15) is 4.79 Å². The normalized spacial score (nSPS) is 30.1. The van der Waals surface area contributed by atoms with Gasteiger partial charge in [-0.05, 0) is 20.3 Å².